The van der Waals surface area contributed by atoms with E-state index in [-0.39, 0.29) is 5.82 Å². The monoisotopic (exact) mass is 278 g/mol. The first-order valence-electron chi connectivity index (χ1n) is 6.64. The number of benzene rings is 1. The summed E-state index contributed by atoms with van der Waals surface area (Å²) < 4.78 is 20.1. The summed E-state index contributed by atoms with van der Waals surface area (Å²) in [4.78, 5) is 0. The van der Waals surface area contributed by atoms with Crippen molar-refractivity contribution in [2.75, 3.05) is 6.61 Å². The first kappa shape index (κ1) is 14.5. The average molecular weight is 278 g/mol. The highest BCUT2D eigenvalue weighted by Crippen LogP contribution is 2.11. The first-order valence-corrected chi connectivity index (χ1v) is 6.64. The van der Waals surface area contributed by atoms with E-state index in [0.29, 0.717) is 31.5 Å². The summed E-state index contributed by atoms with van der Waals surface area (Å²) in [5.41, 5.74) is 0.893. The van der Waals surface area contributed by atoms with Crippen molar-refractivity contribution < 1.29 is 9.13 Å². The van der Waals surface area contributed by atoms with Crippen molar-refractivity contribution >= 4 is 0 Å². The molecule has 5 nitrogen and oxygen atoms in total. The number of nitrogens with zero attached hydrogens (tertiary/aromatic N) is 3. The van der Waals surface area contributed by atoms with Crippen molar-refractivity contribution in [1.82, 2.24) is 20.3 Å². The lowest BCUT2D eigenvalue weighted by atomic mass is 10.3. The minimum atomic E-state index is -0.301. The van der Waals surface area contributed by atoms with Crippen LogP contribution < -0.4 is 10.1 Å². The molecule has 0 aliphatic rings. The van der Waals surface area contributed by atoms with Crippen LogP contribution in [0.25, 0.3) is 0 Å². The molecule has 2 rings (SSSR count). The van der Waals surface area contributed by atoms with Crippen LogP contribution in [0.15, 0.2) is 30.5 Å². The molecule has 0 radical (unpaired) electrons. The molecule has 20 heavy (non-hydrogen) atoms. The summed E-state index contributed by atoms with van der Waals surface area (Å²) in [5.74, 6) is 0.220. The Bertz CT molecular complexity index is 541. The Labute approximate surface area is 117 Å². The summed E-state index contributed by atoms with van der Waals surface area (Å²) in [6.07, 6.45) is 1.88. The minimum Gasteiger partial charge on any atom is -0.492 e. The highest BCUT2D eigenvalue weighted by Gasteiger charge is 2.02. The van der Waals surface area contributed by atoms with Crippen molar-refractivity contribution in [2.24, 2.45) is 0 Å². The number of hydrogen-bond donors (Lipinski definition) is 1. The van der Waals surface area contributed by atoms with Gasteiger partial charge in [-0.25, -0.2) is 9.07 Å². The van der Waals surface area contributed by atoms with Crippen LogP contribution in [0.4, 0.5) is 4.39 Å². The van der Waals surface area contributed by atoms with Crippen LogP contribution >= 0.6 is 0 Å². The molecule has 0 amide bonds. The lowest BCUT2D eigenvalue weighted by molar-refractivity contribution is 0.288. The van der Waals surface area contributed by atoms with Crippen molar-refractivity contribution in [1.29, 1.82) is 0 Å². The molecule has 0 aliphatic carbocycles. The van der Waals surface area contributed by atoms with E-state index in [4.69, 9.17) is 4.74 Å². The molecule has 0 saturated carbocycles. The smallest absolute Gasteiger partial charge is 0.126 e. The van der Waals surface area contributed by atoms with Gasteiger partial charge in [0.15, 0.2) is 0 Å². The van der Waals surface area contributed by atoms with Gasteiger partial charge in [0.05, 0.1) is 12.2 Å². The van der Waals surface area contributed by atoms with Gasteiger partial charge in [0.1, 0.15) is 18.2 Å². The van der Waals surface area contributed by atoms with Crippen LogP contribution in [0.5, 0.6) is 5.75 Å². The minimum absolute atomic E-state index is 0.301. The summed E-state index contributed by atoms with van der Waals surface area (Å²) in [7, 11) is 0. The Hall–Kier alpha value is -1.95. The van der Waals surface area contributed by atoms with Gasteiger partial charge in [-0.15, -0.1) is 5.10 Å². The van der Waals surface area contributed by atoms with E-state index in [9.17, 15) is 4.39 Å². The number of hydrogen-bond acceptors (Lipinski definition) is 4. The van der Waals surface area contributed by atoms with Crippen molar-refractivity contribution in [2.45, 2.75) is 33.0 Å². The zero-order chi connectivity index (χ0) is 14.4. The van der Waals surface area contributed by atoms with E-state index < -0.39 is 0 Å². The molecule has 0 aliphatic heterocycles. The van der Waals surface area contributed by atoms with Gasteiger partial charge in [-0.1, -0.05) is 25.1 Å². The second-order valence-electron chi connectivity index (χ2n) is 4.81. The van der Waals surface area contributed by atoms with Gasteiger partial charge in [-0.05, 0) is 12.1 Å². The van der Waals surface area contributed by atoms with Gasteiger partial charge in [0.25, 0.3) is 0 Å². The molecular weight excluding hydrogens is 259 g/mol. The summed E-state index contributed by atoms with van der Waals surface area (Å²) >= 11 is 0. The molecule has 0 unspecified atom stereocenters. The second kappa shape index (κ2) is 7.00. The molecule has 1 N–H and O–H groups in total. The zero-order valence-electron chi connectivity index (χ0n) is 11.7. The van der Waals surface area contributed by atoms with E-state index in [1.54, 1.807) is 16.8 Å². The third-order valence-corrected chi connectivity index (χ3v) is 2.66. The fraction of sp³-hybridized carbons (Fsp3) is 0.429. The Morgan fingerprint density at radius 3 is 3.00 bits per heavy atom. The highest BCUT2D eigenvalue weighted by molar-refractivity contribution is 5.22. The molecule has 6 heteroatoms. The van der Waals surface area contributed by atoms with E-state index in [1.165, 1.54) is 12.1 Å². The van der Waals surface area contributed by atoms with Crippen molar-refractivity contribution in [3.63, 3.8) is 0 Å². The molecule has 2 aromatic rings. The number of rotatable bonds is 7. The molecule has 1 aromatic carbocycles. The van der Waals surface area contributed by atoms with Crippen LogP contribution in [0.2, 0.25) is 0 Å². The van der Waals surface area contributed by atoms with Crippen LogP contribution in [-0.4, -0.2) is 27.6 Å². The summed E-state index contributed by atoms with van der Waals surface area (Å²) in [6, 6.07) is 6.51. The normalized spacial score (nSPS) is 11.0. The lowest BCUT2D eigenvalue weighted by Gasteiger charge is -2.06. The van der Waals surface area contributed by atoms with Crippen LogP contribution in [-0.2, 0) is 13.1 Å². The fourth-order valence-electron chi connectivity index (χ4n) is 1.65. The van der Waals surface area contributed by atoms with E-state index in [1.807, 2.05) is 6.20 Å². The van der Waals surface area contributed by atoms with E-state index in [0.717, 1.165) is 5.69 Å². The standard InChI is InChI=1S/C14H19FN4O/c1-11(2)16-9-13-10-19(18-17-13)6-7-20-14-5-3-4-12(15)8-14/h3-5,8,10-11,16H,6-7,9H2,1-2H3. The maximum Gasteiger partial charge on any atom is 0.126 e. The third-order valence-electron chi connectivity index (χ3n) is 2.66. The summed E-state index contributed by atoms with van der Waals surface area (Å²) in [5, 5.41) is 11.4. The molecular formula is C14H19FN4O. The highest BCUT2D eigenvalue weighted by atomic mass is 19.1. The van der Waals surface area contributed by atoms with Crippen LogP contribution in [0.3, 0.4) is 0 Å². The molecule has 0 atom stereocenters. The van der Waals surface area contributed by atoms with Gasteiger partial charge in [-0.3, -0.25) is 0 Å². The molecule has 1 heterocycles. The van der Waals surface area contributed by atoms with E-state index in [2.05, 4.69) is 29.5 Å². The van der Waals surface area contributed by atoms with Gasteiger partial charge in [0, 0.05) is 24.8 Å². The molecule has 0 saturated heterocycles. The predicted octanol–water partition coefficient (Wildman–Crippen LogP) is 1.99. The zero-order valence-corrected chi connectivity index (χ0v) is 11.7. The second-order valence-corrected chi connectivity index (χ2v) is 4.81. The SMILES string of the molecule is CC(C)NCc1cn(CCOc2cccc(F)c2)nn1. The lowest BCUT2D eigenvalue weighted by Crippen LogP contribution is -2.21. The number of ether oxygens (including phenoxy) is 1. The average Bonchev–Trinajstić information content (AvgIpc) is 2.84. The fourth-order valence-corrected chi connectivity index (χ4v) is 1.65. The van der Waals surface area contributed by atoms with E-state index >= 15 is 0 Å². The number of nitrogens with one attached hydrogen (secondary N) is 1. The summed E-state index contributed by atoms with van der Waals surface area (Å²) in [6.45, 7) is 5.85. The largest absolute Gasteiger partial charge is 0.492 e. The van der Waals surface area contributed by atoms with Gasteiger partial charge >= 0.3 is 0 Å². The van der Waals surface area contributed by atoms with Crippen LogP contribution in [0.1, 0.15) is 19.5 Å². The predicted molar refractivity (Wildman–Crippen MR) is 73.9 cm³/mol. The Balaban J connectivity index is 1.77. The quantitative estimate of drug-likeness (QED) is 0.841. The molecule has 0 bridgehead atoms. The molecule has 1 aromatic heterocycles. The number of halogens is 1. The molecule has 108 valence electrons. The Morgan fingerprint density at radius 1 is 1.40 bits per heavy atom. The third kappa shape index (κ3) is 4.62. The van der Waals surface area contributed by atoms with Crippen LogP contribution in [0, 0.1) is 5.82 Å². The van der Waals surface area contributed by atoms with Crippen molar-refractivity contribution in [3.8, 4) is 5.75 Å². The molecule has 0 fully saturated rings. The van der Waals surface area contributed by atoms with Gasteiger partial charge in [-0.2, -0.15) is 0 Å². The maximum atomic E-state index is 13.0. The first-order chi connectivity index (χ1) is 9.63. The topological polar surface area (TPSA) is 52.0 Å². The Morgan fingerprint density at radius 2 is 2.25 bits per heavy atom. The number of aromatic nitrogens is 3. The maximum absolute atomic E-state index is 13.0. The van der Waals surface area contributed by atoms with Crippen molar-refractivity contribution in [3.05, 3.63) is 42.0 Å². The molecule has 0 spiro atoms. The van der Waals surface area contributed by atoms with Gasteiger partial charge < -0.3 is 10.1 Å². The van der Waals surface area contributed by atoms with Gasteiger partial charge in [0.2, 0.25) is 0 Å². The Kier molecular flexibility index (Phi) is 5.06.